The lowest BCUT2D eigenvalue weighted by molar-refractivity contribution is -0.0761. The number of aliphatic hydroxyl groups excluding tert-OH is 1. The number of nitrogens with one attached hydrogen (secondary N) is 1. The molecule has 2 aliphatic carbocycles. The Morgan fingerprint density at radius 1 is 1.38 bits per heavy atom. The molecule has 2 unspecified atom stereocenters. The molecule has 21 heavy (non-hydrogen) atoms. The van der Waals surface area contributed by atoms with Crippen LogP contribution in [0.25, 0.3) is 0 Å². The van der Waals surface area contributed by atoms with Crippen LogP contribution in [0.15, 0.2) is 12.1 Å². The lowest BCUT2D eigenvalue weighted by atomic mass is 9.52. The van der Waals surface area contributed by atoms with Crippen LogP contribution >= 0.6 is 0 Å². The Balaban J connectivity index is 1.81. The predicted octanol–water partition coefficient (Wildman–Crippen LogP) is 1.38. The number of hydrogen-bond acceptors (Lipinski definition) is 4. The first-order valence-corrected chi connectivity index (χ1v) is 8.04. The SMILES string of the molecule is COc1ccc2c3c1OC1[C@@H](O)CCC4[C@H](C2)NCC[C@@]341. The molecule has 112 valence electrons. The molecule has 5 atom stereocenters. The zero-order chi connectivity index (χ0) is 14.2. The minimum Gasteiger partial charge on any atom is -0.493 e. The van der Waals surface area contributed by atoms with Crippen molar-refractivity contribution in [3.8, 4) is 11.5 Å². The van der Waals surface area contributed by atoms with Crippen molar-refractivity contribution in [1.29, 1.82) is 0 Å². The Morgan fingerprint density at radius 3 is 3.14 bits per heavy atom. The second-order valence-corrected chi connectivity index (χ2v) is 6.98. The minimum atomic E-state index is -0.358. The molecule has 0 aromatic heterocycles. The molecule has 1 aromatic carbocycles. The third-order valence-corrected chi connectivity index (χ3v) is 6.30. The van der Waals surface area contributed by atoms with Crippen LogP contribution in [0.3, 0.4) is 0 Å². The van der Waals surface area contributed by atoms with Gasteiger partial charge in [-0.2, -0.15) is 0 Å². The normalized spacial score (nSPS) is 42.2. The van der Waals surface area contributed by atoms with E-state index in [-0.39, 0.29) is 17.6 Å². The van der Waals surface area contributed by atoms with Crippen LogP contribution in [0.1, 0.15) is 30.4 Å². The van der Waals surface area contributed by atoms with Crippen LogP contribution in [0.2, 0.25) is 0 Å². The average molecular weight is 287 g/mol. The number of hydrogen-bond donors (Lipinski definition) is 2. The molecule has 1 aromatic rings. The summed E-state index contributed by atoms with van der Waals surface area (Å²) in [5.41, 5.74) is 2.74. The monoisotopic (exact) mass is 287 g/mol. The molecular weight excluding hydrogens is 266 g/mol. The van der Waals surface area contributed by atoms with Crippen molar-refractivity contribution in [2.24, 2.45) is 5.92 Å². The Bertz CT molecular complexity index is 616. The van der Waals surface area contributed by atoms with E-state index in [4.69, 9.17) is 9.47 Å². The summed E-state index contributed by atoms with van der Waals surface area (Å²) in [6.45, 7) is 1.02. The minimum absolute atomic E-state index is 0.00500. The van der Waals surface area contributed by atoms with E-state index in [1.807, 2.05) is 6.07 Å². The molecule has 2 aliphatic heterocycles. The molecule has 4 heteroatoms. The Labute approximate surface area is 124 Å². The number of benzene rings is 1. The van der Waals surface area contributed by atoms with Crippen LogP contribution in [-0.4, -0.2) is 37.0 Å². The van der Waals surface area contributed by atoms with Crippen LogP contribution < -0.4 is 14.8 Å². The van der Waals surface area contributed by atoms with Gasteiger partial charge in [0.1, 0.15) is 6.10 Å². The number of ether oxygens (including phenoxy) is 2. The van der Waals surface area contributed by atoms with Crippen molar-refractivity contribution in [2.75, 3.05) is 13.7 Å². The first-order chi connectivity index (χ1) is 10.3. The Morgan fingerprint density at radius 2 is 2.29 bits per heavy atom. The molecule has 2 fully saturated rings. The van der Waals surface area contributed by atoms with Gasteiger partial charge in [-0.3, -0.25) is 0 Å². The Hall–Kier alpha value is -1.26. The smallest absolute Gasteiger partial charge is 0.165 e. The van der Waals surface area contributed by atoms with Crippen LogP contribution in [0.5, 0.6) is 11.5 Å². The van der Waals surface area contributed by atoms with E-state index in [1.165, 1.54) is 11.1 Å². The van der Waals surface area contributed by atoms with Gasteiger partial charge in [0.05, 0.1) is 13.2 Å². The maximum Gasteiger partial charge on any atom is 0.165 e. The van der Waals surface area contributed by atoms with Crippen molar-refractivity contribution in [1.82, 2.24) is 5.32 Å². The maximum atomic E-state index is 10.6. The van der Waals surface area contributed by atoms with E-state index in [1.54, 1.807) is 7.11 Å². The first-order valence-electron chi connectivity index (χ1n) is 8.04. The van der Waals surface area contributed by atoms with Crippen molar-refractivity contribution in [3.63, 3.8) is 0 Å². The summed E-state index contributed by atoms with van der Waals surface area (Å²) in [4.78, 5) is 0. The summed E-state index contributed by atoms with van der Waals surface area (Å²) in [6, 6.07) is 4.75. The lowest BCUT2D eigenvalue weighted by Gasteiger charge is -2.56. The third-order valence-electron chi connectivity index (χ3n) is 6.30. The lowest BCUT2D eigenvalue weighted by Crippen LogP contribution is -2.66. The van der Waals surface area contributed by atoms with Crippen molar-refractivity contribution in [2.45, 2.75) is 49.3 Å². The number of piperidine rings is 1. The van der Waals surface area contributed by atoms with E-state index in [0.29, 0.717) is 12.0 Å². The van der Waals surface area contributed by atoms with Crippen LogP contribution in [-0.2, 0) is 11.8 Å². The highest BCUT2D eigenvalue weighted by Crippen LogP contribution is 2.62. The van der Waals surface area contributed by atoms with Crippen molar-refractivity contribution in [3.05, 3.63) is 23.3 Å². The quantitative estimate of drug-likeness (QED) is 0.819. The molecule has 0 amide bonds. The van der Waals surface area contributed by atoms with Crippen LogP contribution in [0, 0.1) is 5.92 Å². The number of rotatable bonds is 1. The molecular formula is C17H21NO3. The molecule has 2 bridgehead atoms. The third kappa shape index (κ3) is 1.29. The second-order valence-electron chi connectivity index (χ2n) is 6.98. The van der Waals surface area contributed by atoms with Crippen molar-refractivity contribution >= 4 is 0 Å². The highest BCUT2D eigenvalue weighted by Gasteiger charge is 2.64. The summed E-state index contributed by atoms with van der Waals surface area (Å²) in [5.74, 6) is 2.31. The summed E-state index contributed by atoms with van der Waals surface area (Å²) < 4.78 is 11.8. The fraction of sp³-hybridized carbons (Fsp3) is 0.647. The highest BCUT2D eigenvalue weighted by molar-refractivity contribution is 5.61. The van der Waals surface area contributed by atoms with Gasteiger partial charge in [0.25, 0.3) is 0 Å². The highest BCUT2D eigenvalue weighted by atomic mass is 16.5. The van der Waals surface area contributed by atoms with Crippen LogP contribution in [0.4, 0.5) is 0 Å². The van der Waals surface area contributed by atoms with Gasteiger partial charge in [-0.1, -0.05) is 6.07 Å². The van der Waals surface area contributed by atoms with Gasteiger partial charge in [-0.15, -0.1) is 0 Å². The summed E-state index contributed by atoms with van der Waals surface area (Å²) in [5, 5.41) is 14.3. The first kappa shape index (κ1) is 12.3. The van der Waals surface area contributed by atoms with Gasteiger partial charge < -0.3 is 19.9 Å². The Kier molecular flexibility index (Phi) is 2.30. The number of aliphatic hydroxyl groups is 1. The van der Waals surface area contributed by atoms with Gasteiger partial charge in [0.2, 0.25) is 0 Å². The zero-order valence-corrected chi connectivity index (χ0v) is 12.3. The second kappa shape index (κ2) is 3.93. The molecule has 5 rings (SSSR count). The van der Waals surface area contributed by atoms with Gasteiger partial charge >= 0.3 is 0 Å². The summed E-state index contributed by atoms with van der Waals surface area (Å²) >= 11 is 0. The van der Waals surface area contributed by atoms with Gasteiger partial charge in [0.15, 0.2) is 11.5 Å². The largest absolute Gasteiger partial charge is 0.493 e. The predicted molar refractivity (Wildman–Crippen MR) is 77.9 cm³/mol. The van der Waals surface area contributed by atoms with E-state index in [0.717, 1.165) is 43.7 Å². The van der Waals surface area contributed by atoms with Gasteiger partial charge in [0, 0.05) is 17.0 Å². The van der Waals surface area contributed by atoms with E-state index >= 15 is 0 Å². The standard InChI is InChI=1S/C17H21NO3/c1-20-13-5-2-9-8-11-10-3-4-12(19)16-17(10,6-7-18-11)14(9)15(13)21-16/h2,5,10-12,16,18-19H,3-4,6-8H2,1H3/t10?,11-,12-,16?,17-/m0/s1. The van der Waals surface area contributed by atoms with Gasteiger partial charge in [-0.25, -0.2) is 0 Å². The molecule has 2 N–H and O–H groups in total. The average Bonchev–Trinajstić information content (AvgIpc) is 2.83. The van der Waals surface area contributed by atoms with Crippen molar-refractivity contribution < 1.29 is 14.6 Å². The number of methoxy groups -OCH3 is 1. The molecule has 2 heterocycles. The summed E-state index contributed by atoms with van der Waals surface area (Å²) in [7, 11) is 1.70. The van der Waals surface area contributed by atoms with Gasteiger partial charge in [-0.05, 0) is 49.8 Å². The molecule has 0 radical (unpaired) electrons. The van der Waals surface area contributed by atoms with E-state index in [2.05, 4.69) is 11.4 Å². The maximum absolute atomic E-state index is 10.6. The topological polar surface area (TPSA) is 50.7 Å². The van der Waals surface area contributed by atoms with E-state index < -0.39 is 0 Å². The fourth-order valence-electron chi connectivity index (χ4n) is 5.59. The molecule has 1 spiro atoms. The molecule has 4 aliphatic rings. The molecule has 4 nitrogen and oxygen atoms in total. The molecule has 1 saturated carbocycles. The summed E-state index contributed by atoms with van der Waals surface area (Å²) in [6.07, 6.45) is 3.62. The fourth-order valence-corrected chi connectivity index (χ4v) is 5.59. The molecule has 1 saturated heterocycles. The zero-order valence-electron chi connectivity index (χ0n) is 12.3. The van der Waals surface area contributed by atoms with E-state index in [9.17, 15) is 5.11 Å².